The van der Waals surface area contributed by atoms with Crippen LogP contribution in [0.3, 0.4) is 0 Å². The summed E-state index contributed by atoms with van der Waals surface area (Å²) in [5.74, 6) is 1.52. The van der Waals surface area contributed by atoms with Crippen LogP contribution in [0.4, 0.5) is 17.5 Å². The maximum absolute atomic E-state index is 11.0. The molecule has 3 rings (SSSR count). The number of hydrogen-bond donors (Lipinski definition) is 2. The number of anilines is 2. The largest absolute Gasteiger partial charge is 0.364 e. The molecular weight excluding hydrogens is 246 g/mol. The molecule has 0 aliphatic heterocycles. The molecule has 2 aliphatic rings. The van der Waals surface area contributed by atoms with Gasteiger partial charge in [-0.1, -0.05) is 0 Å². The van der Waals surface area contributed by atoms with Gasteiger partial charge in [0.05, 0.1) is 4.92 Å². The fourth-order valence-corrected chi connectivity index (χ4v) is 2.60. The molecule has 2 fully saturated rings. The van der Waals surface area contributed by atoms with Crippen molar-refractivity contribution in [1.82, 2.24) is 9.97 Å². The maximum atomic E-state index is 11.0. The topological polar surface area (TPSA) is 93.0 Å². The van der Waals surface area contributed by atoms with Gasteiger partial charge in [-0.3, -0.25) is 10.1 Å². The summed E-state index contributed by atoms with van der Waals surface area (Å²) in [6, 6.07) is 0. The van der Waals surface area contributed by atoms with E-state index in [1.807, 2.05) is 0 Å². The van der Waals surface area contributed by atoms with Gasteiger partial charge in [-0.15, -0.1) is 0 Å². The van der Waals surface area contributed by atoms with Gasteiger partial charge in [-0.05, 0) is 37.0 Å². The Hall–Kier alpha value is -1.92. The molecule has 0 amide bonds. The number of nitrogens with zero attached hydrogens (tertiary/aromatic N) is 3. The van der Waals surface area contributed by atoms with Gasteiger partial charge < -0.3 is 10.6 Å². The summed E-state index contributed by atoms with van der Waals surface area (Å²) >= 11 is 0. The zero-order valence-corrected chi connectivity index (χ0v) is 10.8. The van der Waals surface area contributed by atoms with Gasteiger partial charge in [0, 0.05) is 13.6 Å². The standard InChI is InChI=1S/C12H17N5O2/c1-13-11-14-6-9(17(18)19)10(16-11)15-7-12(4-5-12)8-2-3-8/h6,8H,2-5,7H2,1H3,(H2,13,14,15,16). The quantitative estimate of drug-likeness (QED) is 0.602. The minimum atomic E-state index is -0.446. The van der Waals surface area contributed by atoms with E-state index < -0.39 is 4.92 Å². The highest BCUT2D eigenvalue weighted by atomic mass is 16.6. The minimum absolute atomic E-state index is 0.0643. The summed E-state index contributed by atoms with van der Waals surface area (Å²) < 4.78 is 0. The first kappa shape index (κ1) is 12.1. The fraction of sp³-hybridized carbons (Fsp3) is 0.667. The highest BCUT2D eigenvalue weighted by molar-refractivity contribution is 5.57. The molecular formula is C12H17N5O2. The molecule has 0 bridgehead atoms. The zero-order valence-electron chi connectivity index (χ0n) is 10.8. The molecule has 0 aromatic carbocycles. The van der Waals surface area contributed by atoms with Crippen molar-refractivity contribution in [3.63, 3.8) is 0 Å². The van der Waals surface area contributed by atoms with Crippen molar-refractivity contribution in [2.75, 3.05) is 24.2 Å². The average Bonchev–Trinajstić information content (AvgIpc) is 3.28. The Balaban J connectivity index is 1.76. The average molecular weight is 263 g/mol. The molecule has 1 heterocycles. The lowest BCUT2D eigenvalue weighted by molar-refractivity contribution is -0.384. The minimum Gasteiger partial charge on any atom is -0.364 e. The van der Waals surface area contributed by atoms with E-state index in [9.17, 15) is 10.1 Å². The Morgan fingerprint density at radius 1 is 1.53 bits per heavy atom. The van der Waals surface area contributed by atoms with Gasteiger partial charge in [0.2, 0.25) is 11.8 Å². The Morgan fingerprint density at radius 3 is 2.79 bits per heavy atom. The molecule has 0 atom stereocenters. The second-order valence-electron chi connectivity index (χ2n) is 5.42. The second kappa shape index (κ2) is 4.32. The predicted octanol–water partition coefficient (Wildman–Crippen LogP) is 2.03. The van der Waals surface area contributed by atoms with E-state index in [0.717, 1.165) is 12.5 Å². The third kappa shape index (κ3) is 2.32. The van der Waals surface area contributed by atoms with E-state index in [2.05, 4.69) is 20.6 Å². The Kier molecular flexibility index (Phi) is 2.76. The van der Waals surface area contributed by atoms with Crippen LogP contribution in [-0.2, 0) is 0 Å². The van der Waals surface area contributed by atoms with Crippen LogP contribution in [0.5, 0.6) is 0 Å². The SMILES string of the molecule is CNc1ncc([N+](=O)[O-])c(NCC2(C3CC3)CC2)n1. The molecule has 1 aromatic rings. The van der Waals surface area contributed by atoms with Crippen LogP contribution in [0.15, 0.2) is 6.20 Å². The molecule has 0 unspecified atom stereocenters. The third-order valence-corrected chi connectivity index (χ3v) is 4.13. The van der Waals surface area contributed by atoms with Crippen LogP contribution in [0.25, 0.3) is 0 Å². The van der Waals surface area contributed by atoms with E-state index in [0.29, 0.717) is 17.2 Å². The van der Waals surface area contributed by atoms with Crippen LogP contribution in [0.1, 0.15) is 25.7 Å². The summed E-state index contributed by atoms with van der Waals surface area (Å²) in [5, 5.41) is 16.9. The van der Waals surface area contributed by atoms with Crippen LogP contribution < -0.4 is 10.6 Å². The fourth-order valence-electron chi connectivity index (χ4n) is 2.60. The number of aromatic nitrogens is 2. The maximum Gasteiger partial charge on any atom is 0.329 e. The molecule has 0 spiro atoms. The second-order valence-corrected chi connectivity index (χ2v) is 5.42. The van der Waals surface area contributed by atoms with E-state index >= 15 is 0 Å². The summed E-state index contributed by atoms with van der Waals surface area (Å²) in [4.78, 5) is 18.6. The van der Waals surface area contributed by atoms with Gasteiger partial charge in [0.25, 0.3) is 0 Å². The molecule has 102 valence electrons. The van der Waals surface area contributed by atoms with E-state index in [1.54, 1.807) is 7.05 Å². The molecule has 1 aromatic heterocycles. The first-order valence-electron chi connectivity index (χ1n) is 6.58. The van der Waals surface area contributed by atoms with Crippen LogP contribution in [0.2, 0.25) is 0 Å². The summed E-state index contributed by atoms with van der Waals surface area (Å²) in [7, 11) is 1.69. The van der Waals surface area contributed by atoms with Gasteiger partial charge in [0.1, 0.15) is 6.20 Å². The van der Waals surface area contributed by atoms with Crippen molar-refractivity contribution in [1.29, 1.82) is 0 Å². The van der Waals surface area contributed by atoms with Crippen molar-refractivity contribution in [2.24, 2.45) is 11.3 Å². The van der Waals surface area contributed by atoms with Gasteiger partial charge in [-0.25, -0.2) is 4.98 Å². The van der Waals surface area contributed by atoms with Crippen molar-refractivity contribution >= 4 is 17.5 Å². The molecule has 2 aliphatic carbocycles. The predicted molar refractivity (Wildman–Crippen MR) is 71.1 cm³/mol. The Morgan fingerprint density at radius 2 is 2.26 bits per heavy atom. The third-order valence-electron chi connectivity index (χ3n) is 4.13. The number of nitro groups is 1. The van der Waals surface area contributed by atoms with Gasteiger partial charge in [0.15, 0.2) is 0 Å². The normalized spacial score (nSPS) is 19.8. The number of nitrogens with one attached hydrogen (secondary N) is 2. The summed E-state index contributed by atoms with van der Waals surface area (Å²) in [5.41, 5.74) is 0.309. The van der Waals surface area contributed by atoms with Crippen LogP contribution in [-0.4, -0.2) is 28.5 Å². The van der Waals surface area contributed by atoms with Crippen molar-refractivity contribution < 1.29 is 4.92 Å². The first-order valence-corrected chi connectivity index (χ1v) is 6.58. The van der Waals surface area contributed by atoms with E-state index in [-0.39, 0.29) is 5.69 Å². The van der Waals surface area contributed by atoms with Crippen molar-refractivity contribution in [3.8, 4) is 0 Å². The Labute approximate surface area is 111 Å². The summed E-state index contributed by atoms with van der Waals surface area (Å²) in [6.45, 7) is 0.776. The highest BCUT2D eigenvalue weighted by Crippen LogP contribution is 2.61. The molecule has 0 saturated heterocycles. The highest BCUT2D eigenvalue weighted by Gasteiger charge is 2.53. The van der Waals surface area contributed by atoms with Gasteiger partial charge in [-0.2, -0.15) is 4.98 Å². The summed E-state index contributed by atoms with van der Waals surface area (Å²) in [6.07, 6.45) is 6.30. The smallest absolute Gasteiger partial charge is 0.329 e. The number of rotatable bonds is 6. The lowest BCUT2D eigenvalue weighted by atomic mass is 10.0. The van der Waals surface area contributed by atoms with Gasteiger partial charge >= 0.3 is 5.69 Å². The molecule has 0 radical (unpaired) electrons. The first-order chi connectivity index (χ1) is 9.14. The molecule has 7 heteroatoms. The lowest BCUT2D eigenvalue weighted by Gasteiger charge is -2.15. The zero-order chi connectivity index (χ0) is 13.5. The lowest BCUT2D eigenvalue weighted by Crippen LogP contribution is -2.19. The molecule has 7 nitrogen and oxygen atoms in total. The van der Waals surface area contributed by atoms with Crippen LogP contribution in [0, 0.1) is 21.4 Å². The molecule has 2 N–H and O–H groups in total. The van der Waals surface area contributed by atoms with E-state index in [4.69, 9.17) is 0 Å². The molecule has 19 heavy (non-hydrogen) atoms. The van der Waals surface area contributed by atoms with Crippen LogP contribution >= 0.6 is 0 Å². The number of hydrogen-bond acceptors (Lipinski definition) is 6. The Bertz CT molecular complexity index is 511. The molecule has 2 saturated carbocycles. The van der Waals surface area contributed by atoms with Crippen molar-refractivity contribution in [3.05, 3.63) is 16.3 Å². The van der Waals surface area contributed by atoms with E-state index in [1.165, 1.54) is 31.9 Å². The monoisotopic (exact) mass is 263 g/mol. The van der Waals surface area contributed by atoms with Crippen molar-refractivity contribution in [2.45, 2.75) is 25.7 Å².